The summed E-state index contributed by atoms with van der Waals surface area (Å²) in [6.45, 7) is 2.25. The van der Waals surface area contributed by atoms with Crippen molar-refractivity contribution >= 4 is 23.8 Å². The lowest BCUT2D eigenvalue weighted by atomic mass is 9.85. The van der Waals surface area contributed by atoms with Gasteiger partial charge in [0, 0.05) is 19.5 Å². The van der Waals surface area contributed by atoms with Gasteiger partial charge in [-0.1, -0.05) is 36.4 Å². The molecule has 10 heteroatoms. The number of nitrogens with zero attached hydrogens (tertiary/aromatic N) is 2. The maximum atomic E-state index is 13.6. The normalized spacial score (nSPS) is 22.9. The van der Waals surface area contributed by atoms with Gasteiger partial charge in [0.25, 0.3) is 0 Å². The van der Waals surface area contributed by atoms with Gasteiger partial charge in [0.15, 0.2) is 11.4 Å². The Hall–Kier alpha value is -4.34. The SMILES string of the molecule is CNC(=O)NC1=CC=C2C(CC[C@]23CN(CC(=O)N(Cc2ccccc2)C(C)c2ccco2)C(=O)O3)C1=O. The lowest BCUT2D eigenvalue weighted by Crippen LogP contribution is -2.43. The molecule has 198 valence electrons. The van der Waals surface area contributed by atoms with E-state index in [1.54, 1.807) is 29.4 Å². The molecule has 38 heavy (non-hydrogen) atoms. The zero-order valence-electron chi connectivity index (χ0n) is 21.3. The monoisotopic (exact) mass is 518 g/mol. The van der Waals surface area contributed by atoms with E-state index in [0.717, 1.165) is 5.56 Å². The van der Waals surface area contributed by atoms with E-state index in [0.29, 0.717) is 30.7 Å². The highest BCUT2D eigenvalue weighted by atomic mass is 16.6. The van der Waals surface area contributed by atoms with Gasteiger partial charge in [-0.25, -0.2) is 9.59 Å². The number of hydrogen-bond acceptors (Lipinski definition) is 6. The van der Waals surface area contributed by atoms with Crippen LogP contribution < -0.4 is 10.6 Å². The van der Waals surface area contributed by atoms with Crippen LogP contribution >= 0.6 is 0 Å². The second-order valence-corrected chi connectivity index (χ2v) is 9.78. The number of carbonyl (C=O) groups excluding carboxylic acids is 4. The first-order chi connectivity index (χ1) is 18.3. The number of furan rings is 1. The van der Waals surface area contributed by atoms with Crippen molar-refractivity contribution in [2.45, 2.75) is 38.0 Å². The van der Waals surface area contributed by atoms with Crippen LogP contribution in [-0.4, -0.2) is 59.4 Å². The Morgan fingerprint density at radius 3 is 2.66 bits per heavy atom. The van der Waals surface area contributed by atoms with Gasteiger partial charge in [-0.15, -0.1) is 0 Å². The van der Waals surface area contributed by atoms with E-state index in [9.17, 15) is 19.2 Å². The van der Waals surface area contributed by atoms with Crippen molar-refractivity contribution in [1.29, 1.82) is 0 Å². The van der Waals surface area contributed by atoms with Crippen LogP contribution in [-0.2, 0) is 20.9 Å². The molecule has 0 bridgehead atoms. The number of ketones is 1. The number of ether oxygens (including phenoxy) is 1. The van der Waals surface area contributed by atoms with Crippen LogP contribution in [0.1, 0.15) is 37.1 Å². The van der Waals surface area contributed by atoms with Crippen molar-refractivity contribution in [1.82, 2.24) is 20.4 Å². The molecule has 2 unspecified atom stereocenters. The third kappa shape index (κ3) is 4.69. The average molecular weight is 519 g/mol. The quantitative estimate of drug-likeness (QED) is 0.580. The Kier molecular flexibility index (Phi) is 6.79. The van der Waals surface area contributed by atoms with Crippen molar-refractivity contribution in [3.8, 4) is 0 Å². The molecule has 2 aliphatic carbocycles. The highest BCUT2D eigenvalue weighted by molar-refractivity contribution is 6.03. The van der Waals surface area contributed by atoms with E-state index in [1.165, 1.54) is 11.9 Å². The van der Waals surface area contributed by atoms with E-state index < -0.39 is 23.6 Å². The Morgan fingerprint density at radius 2 is 1.95 bits per heavy atom. The summed E-state index contributed by atoms with van der Waals surface area (Å²) >= 11 is 0. The van der Waals surface area contributed by atoms with Gasteiger partial charge < -0.3 is 24.7 Å². The smallest absolute Gasteiger partial charge is 0.411 e. The summed E-state index contributed by atoms with van der Waals surface area (Å²) in [6, 6.07) is 12.4. The van der Waals surface area contributed by atoms with E-state index in [4.69, 9.17) is 9.15 Å². The van der Waals surface area contributed by atoms with E-state index >= 15 is 0 Å². The molecule has 2 fully saturated rings. The van der Waals surface area contributed by atoms with Crippen LogP contribution in [0.5, 0.6) is 0 Å². The zero-order valence-corrected chi connectivity index (χ0v) is 21.3. The Labute approximate surface area is 220 Å². The minimum Gasteiger partial charge on any atom is -0.467 e. The first kappa shape index (κ1) is 25.3. The molecule has 2 aromatic rings. The Morgan fingerprint density at radius 1 is 1.16 bits per heavy atom. The number of Topliss-reactive ketones (excluding diaryl/α,β-unsaturated/α-hetero) is 1. The van der Waals surface area contributed by atoms with Crippen LogP contribution in [0.3, 0.4) is 0 Å². The van der Waals surface area contributed by atoms with Crippen LogP contribution in [0.4, 0.5) is 9.59 Å². The van der Waals surface area contributed by atoms with E-state index in [-0.39, 0.29) is 36.5 Å². The molecule has 3 atom stereocenters. The molecule has 3 aliphatic rings. The Bertz CT molecular complexity index is 1300. The van der Waals surface area contributed by atoms with Crippen LogP contribution in [0.2, 0.25) is 0 Å². The molecule has 10 nitrogen and oxygen atoms in total. The van der Waals surface area contributed by atoms with E-state index in [1.807, 2.05) is 43.3 Å². The molecular formula is C28H30N4O6. The highest BCUT2D eigenvalue weighted by Gasteiger charge is 2.56. The Balaban J connectivity index is 1.33. The molecular weight excluding hydrogens is 488 g/mol. The predicted molar refractivity (Wildman–Crippen MR) is 136 cm³/mol. The van der Waals surface area contributed by atoms with Gasteiger partial charge >= 0.3 is 12.1 Å². The average Bonchev–Trinajstić information content (AvgIpc) is 3.65. The van der Waals surface area contributed by atoms with Gasteiger partial charge in [-0.3, -0.25) is 14.5 Å². The minimum atomic E-state index is -0.969. The molecule has 1 spiro atoms. The number of hydrogen-bond donors (Lipinski definition) is 2. The largest absolute Gasteiger partial charge is 0.467 e. The highest BCUT2D eigenvalue weighted by Crippen LogP contribution is 2.48. The van der Waals surface area contributed by atoms with Crippen LogP contribution in [0.25, 0.3) is 0 Å². The fraction of sp³-hybridized carbons (Fsp3) is 0.357. The van der Waals surface area contributed by atoms with Crippen molar-refractivity contribution in [3.63, 3.8) is 0 Å². The molecule has 2 heterocycles. The van der Waals surface area contributed by atoms with Gasteiger partial charge in [0.05, 0.1) is 24.5 Å². The van der Waals surface area contributed by atoms with Gasteiger partial charge in [-0.05, 0) is 49.1 Å². The predicted octanol–water partition coefficient (Wildman–Crippen LogP) is 3.29. The summed E-state index contributed by atoms with van der Waals surface area (Å²) in [5, 5.41) is 4.98. The molecule has 0 radical (unpaired) electrons. The summed E-state index contributed by atoms with van der Waals surface area (Å²) in [5.74, 6) is -0.293. The second kappa shape index (κ2) is 10.2. The van der Waals surface area contributed by atoms with Crippen LogP contribution in [0, 0.1) is 5.92 Å². The topological polar surface area (TPSA) is 121 Å². The fourth-order valence-electron chi connectivity index (χ4n) is 5.46. The lowest BCUT2D eigenvalue weighted by molar-refractivity contribution is -0.135. The summed E-state index contributed by atoms with van der Waals surface area (Å²) < 4.78 is 11.4. The maximum Gasteiger partial charge on any atom is 0.411 e. The molecule has 4 amide bonds. The number of rotatable bonds is 7. The standard InChI is InChI=1S/C28H30N4O6/c1-18(23-9-6-14-37-23)32(15-19-7-4-3-5-8-19)24(33)16-31-17-28(38-27(31)36)13-12-20-21(28)10-11-22(25(20)34)30-26(35)29-2/h3-11,14,18,20H,12-13,15-17H2,1-2H3,(H2,29,30,35)/t18?,20?,28-/m0/s1. The fourth-order valence-corrected chi connectivity index (χ4v) is 5.46. The van der Waals surface area contributed by atoms with Gasteiger partial charge in [0.2, 0.25) is 5.91 Å². The molecule has 1 aromatic heterocycles. The summed E-state index contributed by atoms with van der Waals surface area (Å²) in [4.78, 5) is 54.4. The molecule has 1 saturated heterocycles. The third-order valence-corrected chi connectivity index (χ3v) is 7.48. The molecule has 1 aliphatic heterocycles. The van der Waals surface area contributed by atoms with Crippen molar-refractivity contribution in [2.75, 3.05) is 20.1 Å². The van der Waals surface area contributed by atoms with Gasteiger partial charge in [0.1, 0.15) is 12.3 Å². The van der Waals surface area contributed by atoms with Crippen LogP contribution in [0.15, 0.2) is 76.6 Å². The lowest BCUT2D eigenvalue weighted by Gasteiger charge is -2.30. The van der Waals surface area contributed by atoms with Crippen molar-refractivity contribution < 1.29 is 28.3 Å². The number of amides is 4. The number of benzene rings is 1. The van der Waals surface area contributed by atoms with E-state index in [2.05, 4.69) is 10.6 Å². The number of nitrogens with one attached hydrogen (secondary N) is 2. The summed E-state index contributed by atoms with van der Waals surface area (Å²) in [6.07, 6.45) is 5.23. The summed E-state index contributed by atoms with van der Waals surface area (Å²) in [7, 11) is 1.47. The number of fused-ring (bicyclic) bond motifs is 2. The second-order valence-electron chi connectivity index (χ2n) is 9.78. The molecule has 1 saturated carbocycles. The van der Waals surface area contributed by atoms with Crippen molar-refractivity contribution in [3.05, 3.63) is 83.5 Å². The third-order valence-electron chi connectivity index (χ3n) is 7.48. The maximum absolute atomic E-state index is 13.6. The minimum absolute atomic E-state index is 0.163. The molecule has 2 N–H and O–H groups in total. The summed E-state index contributed by atoms with van der Waals surface area (Å²) in [5.41, 5.74) is 0.898. The zero-order chi connectivity index (χ0) is 26.9. The number of allylic oxidation sites excluding steroid dienone is 3. The first-order valence-corrected chi connectivity index (χ1v) is 12.6. The van der Waals surface area contributed by atoms with Crippen molar-refractivity contribution in [2.24, 2.45) is 5.92 Å². The molecule has 1 aromatic carbocycles. The number of carbonyl (C=O) groups is 4. The van der Waals surface area contributed by atoms with Gasteiger partial charge in [-0.2, -0.15) is 0 Å². The number of urea groups is 1. The molecule has 5 rings (SSSR count). The first-order valence-electron chi connectivity index (χ1n) is 12.6.